The van der Waals surface area contributed by atoms with Crippen molar-refractivity contribution in [3.05, 3.63) is 47.9 Å². The van der Waals surface area contributed by atoms with Gasteiger partial charge in [-0.1, -0.05) is 32.0 Å². The molecule has 7 nitrogen and oxygen atoms in total. The summed E-state index contributed by atoms with van der Waals surface area (Å²) in [4.78, 5) is 16.0. The lowest BCUT2D eigenvalue weighted by Gasteiger charge is -2.13. The molecule has 112 valence electrons. The van der Waals surface area contributed by atoms with Crippen LogP contribution in [0.15, 0.2) is 42.4 Å². The number of carbonyl (C=O) groups is 1. The molecule has 0 bridgehead atoms. The van der Waals surface area contributed by atoms with Crippen molar-refractivity contribution in [2.45, 2.75) is 19.8 Å². The number of nitrogens with one attached hydrogen (secondary N) is 3. The molecule has 0 spiro atoms. The number of rotatable bonds is 5. The Bertz CT molecular complexity index is 712. The fraction of sp³-hybridized carbons (Fsp3) is 0.200. The van der Waals surface area contributed by atoms with Crippen LogP contribution in [-0.2, 0) is 4.79 Å². The van der Waals surface area contributed by atoms with Crippen molar-refractivity contribution in [2.75, 3.05) is 10.6 Å². The van der Waals surface area contributed by atoms with E-state index in [1.807, 2.05) is 44.2 Å². The van der Waals surface area contributed by atoms with Crippen molar-refractivity contribution in [2.24, 2.45) is 0 Å². The predicted molar refractivity (Wildman–Crippen MR) is 82.9 cm³/mol. The van der Waals surface area contributed by atoms with E-state index in [2.05, 4.69) is 25.8 Å². The van der Waals surface area contributed by atoms with E-state index in [1.54, 1.807) is 0 Å². The van der Waals surface area contributed by atoms with E-state index in [0.29, 0.717) is 11.6 Å². The van der Waals surface area contributed by atoms with Crippen LogP contribution in [0.1, 0.15) is 25.3 Å². The maximum absolute atomic E-state index is 12.2. The van der Waals surface area contributed by atoms with Gasteiger partial charge in [0.1, 0.15) is 18.0 Å². The number of nitrogens with zero attached hydrogens (tertiary/aromatic N) is 3. The zero-order valence-corrected chi connectivity index (χ0v) is 12.3. The van der Waals surface area contributed by atoms with Gasteiger partial charge in [0.25, 0.3) is 5.91 Å². The number of nitriles is 1. The number of carbonyl (C=O) groups excluding carboxylic acids is 1. The summed E-state index contributed by atoms with van der Waals surface area (Å²) in [5.41, 5.74) is 1.65. The molecule has 22 heavy (non-hydrogen) atoms. The number of hydrogen-bond acceptors (Lipinski definition) is 5. The van der Waals surface area contributed by atoms with E-state index in [9.17, 15) is 4.79 Å². The normalized spacial score (nSPS) is 11.1. The molecule has 0 unspecified atom stereocenters. The van der Waals surface area contributed by atoms with Crippen molar-refractivity contribution < 1.29 is 4.79 Å². The highest BCUT2D eigenvalue weighted by atomic mass is 16.1. The summed E-state index contributed by atoms with van der Waals surface area (Å²) in [6, 6.07) is 9.37. The number of amides is 1. The van der Waals surface area contributed by atoms with Gasteiger partial charge in [-0.15, -0.1) is 0 Å². The van der Waals surface area contributed by atoms with Gasteiger partial charge in [0.15, 0.2) is 0 Å². The van der Waals surface area contributed by atoms with Crippen LogP contribution in [0.4, 0.5) is 11.6 Å². The highest BCUT2D eigenvalue weighted by Crippen LogP contribution is 2.23. The first-order valence-corrected chi connectivity index (χ1v) is 6.74. The average molecular weight is 296 g/mol. The van der Waals surface area contributed by atoms with E-state index in [1.165, 1.54) is 12.5 Å². The van der Waals surface area contributed by atoms with Gasteiger partial charge in [-0.05, 0) is 17.5 Å². The topological polar surface area (TPSA) is 106 Å². The van der Waals surface area contributed by atoms with E-state index in [-0.39, 0.29) is 11.5 Å². The van der Waals surface area contributed by atoms with Gasteiger partial charge in [0, 0.05) is 11.9 Å². The average Bonchev–Trinajstić information content (AvgIpc) is 3.01. The van der Waals surface area contributed by atoms with Gasteiger partial charge < -0.3 is 10.6 Å². The highest BCUT2D eigenvalue weighted by Gasteiger charge is 2.13. The minimum atomic E-state index is -0.484. The minimum absolute atomic E-state index is 0.0602. The predicted octanol–water partition coefficient (Wildman–Crippen LogP) is 2.39. The van der Waals surface area contributed by atoms with Crippen molar-refractivity contribution in [3.8, 4) is 6.07 Å². The van der Waals surface area contributed by atoms with Crippen LogP contribution in [0.5, 0.6) is 0 Å². The lowest BCUT2D eigenvalue weighted by Crippen LogP contribution is -2.16. The van der Waals surface area contributed by atoms with Crippen LogP contribution in [0, 0.1) is 11.3 Å². The second-order valence-electron chi connectivity index (χ2n) is 4.84. The minimum Gasteiger partial charge on any atom is -0.330 e. The Morgan fingerprint density at radius 3 is 2.82 bits per heavy atom. The van der Waals surface area contributed by atoms with Gasteiger partial charge in [0.2, 0.25) is 5.95 Å². The van der Waals surface area contributed by atoms with Crippen LogP contribution < -0.4 is 10.6 Å². The first kappa shape index (κ1) is 15.3. The van der Waals surface area contributed by atoms with Gasteiger partial charge in [-0.3, -0.25) is 4.79 Å². The summed E-state index contributed by atoms with van der Waals surface area (Å²) >= 11 is 0. The molecule has 0 aliphatic rings. The largest absolute Gasteiger partial charge is 0.330 e. The third-order valence-electron chi connectivity index (χ3n) is 2.96. The molecule has 0 aliphatic carbocycles. The highest BCUT2D eigenvalue weighted by molar-refractivity contribution is 6.07. The zero-order valence-electron chi connectivity index (χ0n) is 12.3. The van der Waals surface area contributed by atoms with Crippen LogP contribution in [0.2, 0.25) is 0 Å². The van der Waals surface area contributed by atoms with Crippen LogP contribution in [-0.4, -0.2) is 21.1 Å². The van der Waals surface area contributed by atoms with Gasteiger partial charge in [-0.2, -0.15) is 15.3 Å². The third kappa shape index (κ3) is 3.70. The number of anilines is 2. The summed E-state index contributed by atoms with van der Waals surface area (Å²) in [7, 11) is 0. The molecular weight excluding hydrogens is 280 g/mol. The molecule has 0 saturated carbocycles. The number of benzene rings is 1. The molecule has 1 heterocycles. The number of aromatic amines is 1. The first-order valence-electron chi connectivity index (χ1n) is 6.74. The van der Waals surface area contributed by atoms with Gasteiger partial charge in [-0.25, -0.2) is 5.10 Å². The van der Waals surface area contributed by atoms with Crippen LogP contribution >= 0.6 is 0 Å². The molecule has 1 aromatic heterocycles. The monoisotopic (exact) mass is 296 g/mol. The molecule has 0 radical (unpaired) electrons. The van der Waals surface area contributed by atoms with E-state index >= 15 is 0 Å². The van der Waals surface area contributed by atoms with Gasteiger partial charge >= 0.3 is 0 Å². The number of aromatic nitrogens is 3. The summed E-state index contributed by atoms with van der Waals surface area (Å²) in [5.74, 6) is 0.129. The van der Waals surface area contributed by atoms with E-state index in [4.69, 9.17) is 5.26 Å². The smallest absolute Gasteiger partial charge is 0.267 e. The fourth-order valence-electron chi connectivity index (χ4n) is 1.87. The van der Waals surface area contributed by atoms with Gasteiger partial charge in [0.05, 0.1) is 0 Å². The van der Waals surface area contributed by atoms with Crippen molar-refractivity contribution in [3.63, 3.8) is 0 Å². The van der Waals surface area contributed by atoms with Crippen molar-refractivity contribution >= 4 is 17.5 Å². The second kappa shape index (κ2) is 7.04. The number of H-pyrrole nitrogens is 1. The molecule has 0 saturated heterocycles. The Hall–Kier alpha value is -3.14. The summed E-state index contributed by atoms with van der Waals surface area (Å²) in [5, 5.41) is 20.8. The molecule has 0 fully saturated rings. The maximum Gasteiger partial charge on any atom is 0.267 e. The van der Waals surface area contributed by atoms with Crippen LogP contribution in [0.3, 0.4) is 0 Å². The molecule has 2 aromatic rings. The quantitative estimate of drug-likeness (QED) is 0.580. The molecular formula is C15H16N6O. The molecule has 7 heteroatoms. The lowest BCUT2D eigenvalue weighted by molar-refractivity contribution is -0.112. The Morgan fingerprint density at radius 1 is 1.41 bits per heavy atom. The Balaban J connectivity index is 2.13. The van der Waals surface area contributed by atoms with Crippen molar-refractivity contribution in [1.29, 1.82) is 5.26 Å². The molecule has 1 amide bonds. The Labute approximate surface area is 128 Å². The summed E-state index contributed by atoms with van der Waals surface area (Å²) in [6.45, 7) is 4.08. The SMILES string of the molecule is CC(C)c1ccccc1NC(=O)/C(C#N)=C\Nc1ncn[nH]1. The molecule has 3 N–H and O–H groups in total. The number of para-hydroxylation sites is 1. The first-order chi connectivity index (χ1) is 10.6. The standard InChI is InChI=1S/C15H16N6O/c1-10(2)12-5-3-4-6-13(12)20-14(22)11(7-16)8-17-15-18-9-19-21-15/h3-6,8-10H,1-2H3,(H,20,22)(H2,17,18,19,21)/b11-8-. The molecule has 1 aromatic carbocycles. The Morgan fingerprint density at radius 2 is 2.18 bits per heavy atom. The van der Waals surface area contributed by atoms with E-state index in [0.717, 1.165) is 5.56 Å². The number of hydrogen-bond donors (Lipinski definition) is 3. The summed E-state index contributed by atoms with van der Waals surface area (Å²) < 4.78 is 0. The zero-order chi connectivity index (χ0) is 15.9. The maximum atomic E-state index is 12.2. The fourth-order valence-corrected chi connectivity index (χ4v) is 1.87. The van der Waals surface area contributed by atoms with Crippen molar-refractivity contribution in [1.82, 2.24) is 15.2 Å². The second-order valence-corrected chi connectivity index (χ2v) is 4.84. The lowest BCUT2D eigenvalue weighted by atomic mass is 10.0. The third-order valence-corrected chi connectivity index (χ3v) is 2.96. The van der Waals surface area contributed by atoms with Crippen LogP contribution in [0.25, 0.3) is 0 Å². The molecule has 0 aliphatic heterocycles. The molecule has 0 atom stereocenters. The Kier molecular flexibility index (Phi) is 4.88. The molecule has 2 rings (SSSR count). The summed E-state index contributed by atoms with van der Waals surface area (Å²) in [6.07, 6.45) is 2.61. The van der Waals surface area contributed by atoms with E-state index < -0.39 is 5.91 Å².